The van der Waals surface area contributed by atoms with Gasteiger partial charge in [0.1, 0.15) is 5.82 Å². The maximum Gasteiger partial charge on any atom is 0.227 e. The Hall–Kier alpha value is -1.62. The van der Waals surface area contributed by atoms with E-state index in [-0.39, 0.29) is 17.6 Å². The van der Waals surface area contributed by atoms with Crippen LogP contribution in [0.1, 0.15) is 40.5 Å². The smallest absolute Gasteiger partial charge is 0.227 e. The summed E-state index contributed by atoms with van der Waals surface area (Å²) in [6.07, 6.45) is 1.91. The number of nitrogens with one attached hydrogen (secondary N) is 1. The molecule has 2 rings (SSSR count). The number of hydrogen-bond donors (Lipinski definition) is 1. The molecule has 0 aliphatic carbocycles. The van der Waals surface area contributed by atoms with Gasteiger partial charge in [0.25, 0.3) is 0 Å². The molecule has 0 radical (unpaired) electrons. The van der Waals surface area contributed by atoms with Crippen LogP contribution < -0.4 is 10.2 Å². The lowest BCUT2D eigenvalue weighted by Crippen LogP contribution is -2.49. The Morgan fingerprint density at radius 2 is 1.83 bits per heavy atom. The summed E-state index contributed by atoms with van der Waals surface area (Å²) >= 11 is 0. The van der Waals surface area contributed by atoms with Crippen molar-refractivity contribution in [2.24, 2.45) is 5.92 Å². The van der Waals surface area contributed by atoms with Crippen LogP contribution in [0.5, 0.6) is 0 Å². The number of hydrogen-bond acceptors (Lipinski definition) is 3. The number of anilines is 2. The van der Waals surface area contributed by atoms with Crippen LogP contribution in [0, 0.1) is 11.7 Å². The van der Waals surface area contributed by atoms with Crippen LogP contribution in [-0.4, -0.2) is 43.0 Å². The third kappa shape index (κ3) is 4.47. The molecule has 4 nitrogen and oxygen atoms in total. The van der Waals surface area contributed by atoms with Gasteiger partial charge in [0.05, 0.1) is 5.69 Å². The standard InChI is InChI=1S/C19H30FN3O/c1-5-14(3)19(24)21-16-7-8-18(17(20)13-16)23-11-9-22(10-12-23)15(4)6-2/h7-8,13-15H,5-6,9-12H2,1-4H3,(H,21,24). The van der Waals surface area contributed by atoms with E-state index in [9.17, 15) is 9.18 Å². The number of amides is 1. The second-order valence-electron chi connectivity index (χ2n) is 6.75. The molecule has 0 bridgehead atoms. The highest BCUT2D eigenvalue weighted by atomic mass is 19.1. The minimum Gasteiger partial charge on any atom is -0.367 e. The largest absolute Gasteiger partial charge is 0.367 e. The van der Waals surface area contributed by atoms with Gasteiger partial charge < -0.3 is 10.2 Å². The summed E-state index contributed by atoms with van der Waals surface area (Å²) in [5.41, 5.74) is 1.15. The summed E-state index contributed by atoms with van der Waals surface area (Å²) in [4.78, 5) is 16.5. The molecule has 1 aliphatic heterocycles. The first-order chi connectivity index (χ1) is 11.5. The van der Waals surface area contributed by atoms with Crippen molar-refractivity contribution in [3.63, 3.8) is 0 Å². The van der Waals surface area contributed by atoms with Gasteiger partial charge in [0.15, 0.2) is 0 Å². The molecule has 24 heavy (non-hydrogen) atoms. The molecule has 2 unspecified atom stereocenters. The third-order valence-corrected chi connectivity index (χ3v) is 5.14. The second kappa shape index (κ2) is 8.47. The molecule has 1 aliphatic rings. The SMILES string of the molecule is CCC(C)C(=O)Nc1ccc(N2CCN(C(C)CC)CC2)c(F)c1. The number of halogens is 1. The predicted octanol–water partition coefficient (Wildman–Crippen LogP) is 3.73. The Morgan fingerprint density at radius 3 is 2.38 bits per heavy atom. The lowest BCUT2D eigenvalue weighted by atomic mass is 10.1. The highest BCUT2D eigenvalue weighted by molar-refractivity contribution is 5.92. The highest BCUT2D eigenvalue weighted by Crippen LogP contribution is 2.25. The van der Waals surface area contributed by atoms with Crippen LogP contribution in [-0.2, 0) is 4.79 Å². The van der Waals surface area contributed by atoms with Crippen molar-refractivity contribution >= 4 is 17.3 Å². The van der Waals surface area contributed by atoms with Gasteiger partial charge in [-0.3, -0.25) is 9.69 Å². The van der Waals surface area contributed by atoms with Crippen LogP contribution in [0.2, 0.25) is 0 Å². The number of carbonyl (C=O) groups is 1. The number of piperazine rings is 1. The molecule has 1 N–H and O–H groups in total. The summed E-state index contributed by atoms with van der Waals surface area (Å²) < 4.78 is 14.5. The predicted molar refractivity (Wildman–Crippen MR) is 98.0 cm³/mol. The minimum absolute atomic E-state index is 0.0631. The van der Waals surface area contributed by atoms with E-state index in [1.54, 1.807) is 12.1 Å². The Bertz CT molecular complexity index is 556. The van der Waals surface area contributed by atoms with Gasteiger partial charge in [-0.15, -0.1) is 0 Å². The topological polar surface area (TPSA) is 35.6 Å². The van der Waals surface area contributed by atoms with Gasteiger partial charge in [-0.2, -0.15) is 0 Å². The van der Waals surface area contributed by atoms with Gasteiger partial charge in [-0.05, 0) is 38.0 Å². The molecule has 1 aromatic rings. The quantitative estimate of drug-likeness (QED) is 0.860. The van der Waals surface area contributed by atoms with E-state index in [2.05, 4.69) is 29.0 Å². The molecule has 1 heterocycles. The van der Waals surface area contributed by atoms with Gasteiger partial charge >= 0.3 is 0 Å². The first kappa shape index (κ1) is 18.7. The fraction of sp³-hybridized carbons (Fsp3) is 0.632. The van der Waals surface area contributed by atoms with Gasteiger partial charge in [0.2, 0.25) is 5.91 Å². The zero-order chi connectivity index (χ0) is 17.7. The Balaban J connectivity index is 1.99. The van der Waals surface area contributed by atoms with Crippen LogP contribution in [0.25, 0.3) is 0 Å². The van der Waals surface area contributed by atoms with Crippen molar-refractivity contribution in [2.45, 2.75) is 46.6 Å². The lowest BCUT2D eigenvalue weighted by molar-refractivity contribution is -0.119. The average Bonchev–Trinajstić information content (AvgIpc) is 2.60. The van der Waals surface area contributed by atoms with Crippen molar-refractivity contribution in [2.75, 3.05) is 36.4 Å². The van der Waals surface area contributed by atoms with E-state index in [1.165, 1.54) is 6.07 Å². The van der Waals surface area contributed by atoms with Gasteiger partial charge in [-0.25, -0.2) is 4.39 Å². The molecule has 1 saturated heterocycles. The molecule has 0 saturated carbocycles. The summed E-state index contributed by atoms with van der Waals surface area (Å²) in [5, 5.41) is 2.79. The molecular weight excluding hydrogens is 305 g/mol. The monoisotopic (exact) mass is 335 g/mol. The maximum atomic E-state index is 14.5. The Morgan fingerprint density at radius 1 is 1.17 bits per heavy atom. The Labute approximate surface area is 145 Å². The molecular formula is C19H30FN3O. The summed E-state index contributed by atoms with van der Waals surface area (Å²) in [6.45, 7) is 11.9. The number of rotatable bonds is 6. The highest BCUT2D eigenvalue weighted by Gasteiger charge is 2.22. The van der Waals surface area contributed by atoms with Crippen LogP contribution in [0.4, 0.5) is 15.8 Å². The first-order valence-corrected chi connectivity index (χ1v) is 9.05. The van der Waals surface area contributed by atoms with E-state index in [0.29, 0.717) is 17.4 Å². The van der Waals surface area contributed by atoms with Gasteiger partial charge in [-0.1, -0.05) is 20.8 Å². The molecule has 134 valence electrons. The van der Waals surface area contributed by atoms with Crippen LogP contribution >= 0.6 is 0 Å². The van der Waals surface area contributed by atoms with Crippen LogP contribution in [0.15, 0.2) is 18.2 Å². The van der Waals surface area contributed by atoms with E-state index >= 15 is 0 Å². The molecule has 5 heteroatoms. The van der Waals surface area contributed by atoms with Crippen molar-refractivity contribution in [3.05, 3.63) is 24.0 Å². The van der Waals surface area contributed by atoms with E-state index in [1.807, 2.05) is 13.8 Å². The van der Waals surface area contributed by atoms with Crippen LogP contribution in [0.3, 0.4) is 0 Å². The fourth-order valence-electron chi connectivity index (χ4n) is 2.95. The van der Waals surface area contributed by atoms with E-state index in [4.69, 9.17) is 0 Å². The Kier molecular flexibility index (Phi) is 6.60. The maximum absolute atomic E-state index is 14.5. The molecule has 1 aromatic carbocycles. The third-order valence-electron chi connectivity index (χ3n) is 5.14. The first-order valence-electron chi connectivity index (χ1n) is 9.05. The fourth-order valence-corrected chi connectivity index (χ4v) is 2.95. The van der Waals surface area contributed by atoms with Crippen molar-refractivity contribution in [3.8, 4) is 0 Å². The zero-order valence-electron chi connectivity index (χ0n) is 15.3. The zero-order valence-corrected chi connectivity index (χ0v) is 15.3. The van der Waals surface area contributed by atoms with Gasteiger partial charge in [0, 0.05) is 43.8 Å². The number of nitrogens with zero attached hydrogens (tertiary/aromatic N) is 2. The second-order valence-corrected chi connectivity index (χ2v) is 6.75. The molecule has 1 fully saturated rings. The molecule has 0 aromatic heterocycles. The summed E-state index contributed by atoms with van der Waals surface area (Å²) in [5.74, 6) is -0.401. The van der Waals surface area contributed by atoms with Crippen molar-refractivity contribution < 1.29 is 9.18 Å². The summed E-state index contributed by atoms with van der Waals surface area (Å²) in [7, 11) is 0. The molecule has 2 atom stereocenters. The van der Waals surface area contributed by atoms with Crippen molar-refractivity contribution in [1.29, 1.82) is 0 Å². The summed E-state index contributed by atoms with van der Waals surface area (Å²) in [6, 6.07) is 5.58. The average molecular weight is 335 g/mol. The number of benzene rings is 1. The number of carbonyl (C=O) groups excluding carboxylic acids is 1. The molecule has 0 spiro atoms. The normalized spacial score (nSPS) is 18.3. The van der Waals surface area contributed by atoms with E-state index < -0.39 is 0 Å². The lowest BCUT2D eigenvalue weighted by Gasteiger charge is -2.39. The van der Waals surface area contributed by atoms with Crippen molar-refractivity contribution in [1.82, 2.24) is 4.90 Å². The van der Waals surface area contributed by atoms with E-state index in [0.717, 1.165) is 39.0 Å². The minimum atomic E-state index is -0.269. The molecule has 1 amide bonds.